The number of hydrogen-bond donors (Lipinski definition) is 0. The van der Waals surface area contributed by atoms with Crippen LogP contribution in [-0.2, 0) is 14.3 Å². The molecule has 86 valence electrons. The van der Waals surface area contributed by atoms with Gasteiger partial charge in [0.1, 0.15) is 0 Å². The summed E-state index contributed by atoms with van der Waals surface area (Å²) in [6.07, 6.45) is 4.02. The Morgan fingerprint density at radius 3 is 2.47 bits per heavy atom. The van der Waals surface area contributed by atoms with Crippen LogP contribution in [0.4, 0.5) is 0 Å². The number of ether oxygens (including phenoxy) is 1. The van der Waals surface area contributed by atoms with Crippen molar-refractivity contribution in [2.75, 3.05) is 13.2 Å². The highest BCUT2D eigenvalue weighted by Gasteiger charge is 2.35. The molecule has 1 amide bonds. The van der Waals surface area contributed by atoms with E-state index in [0.717, 1.165) is 25.7 Å². The van der Waals surface area contributed by atoms with E-state index in [1.54, 1.807) is 11.8 Å². The van der Waals surface area contributed by atoms with Crippen molar-refractivity contribution in [2.24, 2.45) is 0 Å². The Morgan fingerprint density at radius 2 is 2.00 bits per heavy atom. The Hall–Kier alpha value is -1.06. The van der Waals surface area contributed by atoms with E-state index in [9.17, 15) is 9.59 Å². The first kappa shape index (κ1) is 12.0. The number of esters is 1. The highest BCUT2D eigenvalue weighted by Crippen LogP contribution is 2.27. The Balaban J connectivity index is 2.46. The third-order valence-corrected chi connectivity index (χ3v) is 2.45. The van der Waals surface area contributed by atoms with Crippen molar-refractivity contribution in [2.45, 2.75) is 45.6 Å². The van der Waals surface area contributed by atoms with Crippen LogP contribution in [0.25, 0.3) is 0 Å². The van der Waals surface area contributed by atoms with Gasteiger partial charge in [-0.1, -0.05) is 13.3 Å². The maximum Gasteiger partial charge on any atom is 0.397 e. The van der Waals surface area contributed by atoms with Crippen LogP contribution in [0.5, 0.6) is 0 Å². The average Bonchev–Trinajstić information content (AvgIpc) is 3.02. The molecule has 15 heavy (non-hydrogen) atoms. The number of hydrogen-bond acceptors (Lipinski definition) is 3. The van der Waals surface area contributed by atoms with Crippen LogP contribution in [-0.4, -0.2) is 36.0 Å². The zero-order chi connectivity index (χ0) is 11.3. The van der Waals surface area contributed by atoms with Gasteiger partial charge in [-0.25, -0.2) is 4.79 Å². The van der Waals surface area contributed by atoms with E-state index in [1.807, 2.05) is 0 Å². The van der Waals surface area contributed by atoms with E-state index in [4.69, 9.17) is 4.74 Å². The van der Waals surface area contributed by atoms with Gasteiger partial charge in [0, 0.05) is 12.6 Å². The predicted octanol–water partition coefficient (Wildman–Crippen LogP) is 1.34. The van der Waals surface area contributed by atoms with Crippen molar-refractivity contribution in [3.63, 3.8) is 0 Å². The lowest BCUT2D eigenvalue weighted by Crippen LogP contribution is -2.39. The molecule has 0 unspecified atom stereocenters. The van der Waals surface area contributed by atoms with Crippen LogP contribution >= 0.6 is 0 Å². The van der Waals surface area contributed by atoms with Gasteiger partial charge in [0.25, 0.3) is 0 Å². The average molecular weight is 213 g/mol. The fourth-order valence-electron chi connectivity index (χ4n) is 1.47. The zero-order valence-corrected chi connectivity index (χ0v) is 9.49. The van der Waals surface area contributed by atoms with Crippen molar-refractivity contribution in [1.82, 2.24) is 4.90 Å². The van der Waals surface area contributed by atoms with Crippen LogP contribution < -0.4 is 0 Å². The van der Waals surface area contributed by atoms with E-state index >= 15 is 0 Å². The third kappa shape index (κ3) is 3.53. The Bertz CT molecular complexity index is 236. The molecule has 4 nitrogen and oxygen atoms in total. The Labute approximate surface area is 90.6 Å². The maximum absolute atomic E-state index is 11.7. The molecular weight excluding hydrogens is 194 g/mol. The second-order valence-corrected chi connectivity index (χ2v) is 3.80. The first-order chi connectivity index (χ1) is 7.20. The normalized spacial score (nSPS) is 14.8. The standard InChI is InChI=1S/C11H19NO3/c1-3-5-8-12(9-6-7-9)10(13)11(14)15-4-2/h9H,3-8H2,1-2H3. The molecule has 0 atom stereocenters. The van der Waals surface area contributed by atoms with E-state index < -0.39 is 11.9 Å². The number of carbonyl (C=O) groups excluding carboxylic acids is 2. The van der Waals surface area contributed by atoms with Gasteiger partial charge in [-0.3, -0.25) is 4.79 Å². The molecule has 1 aliphatic carbocycles. The molecular formula is C11H19NO3. The van der Waals surface area contributed by atoms with Crippen LogP contribution in [0.2, 0.25) is 0 Å². The molecule has 0 radical (unpaired) electrons. The van der Waals surface area contributed by atoms with Crippen LogP contribution in [0.3, 0.4) is 0 Å². The van der Waals surface area contributed by atoms with Gasteiger partial charge in [0.2, 0.25) is 0 Å². The molecule has 0 aromatic rings. The third-order valence-electron chi connectivity index (χ3n) is 2.45. The first-order valence-electron chi connectivity index (χ1n) is 5.68. The van der Waals surface area contributed by atoms with Gasteiger partial charge >= 0.3 is 11.9 Å². The van der Waals surface area contributed by atoms with E-state index in [-0.39, 0.29) is 12.6 Å². The van der Waals surface area contributed by atoms with Crippen LogP contribution in [0, 0.1) is 0 Å². The van der Waals surface area contributed by atoms with E-state index in [0.29, 0.717) is 6.54 Å². The summed E-state index contributed by atoms with van der Waals surface area (Å²) in [7, 11) is 0. The topological polar surface area (TPSA) is 46.6 Å². The molecule has 0 spiro atoms. The molecule has 1 rings (SSSR count). The minimum atomic E-state index is -0.708. The SMILES string of the molecule is CCCCN(C(=O)C(=O)OCC)C1CC1. The minimum absolute atomic E-state index is 0.261. The van der Waals surface area contributed by atoms with E-state index in [1.165, 1.54) is 0 Å². The summed E-state index contributed by atoms with van der Waals surface area (Å²) in [6.45, 7) is 4.72. The Morgan fingerprint density at radius 1 is 1.33 bits per heavy atom. The van der Waals surface area contributed by atoms with Crippen LogP contribution in [0.1, 0.15) is 39.5 Å². The lowest BCUT2D eigenvalue weighted by atomic mass is 10.3. The van der Waals surface area contributed by atoms with Crippen molar-refractivity contribution in [3.8, 4) is 0 Å². The fourth-order valence-corrected chi connectivity index (χ4v) is 1.47. The monoisotopic (exact) mass is 213 g/mol. The molecule has 1 fully saturated rings. The van der Waals surface area contributed by atoms with Crippen molar-refractivity contribution >= 4 is 11.9 Å². The smallest absolute Gasteiger partial charge is 0.397 e. The van der Waals surface area contributed by atoms with Gasteiger partial charge in [0.05, 0.1) is 6.61 Å². The summed E-state index contributed by atoms with van der Waals surface area (Å²) in [5.74, 6) is -1.17. The van der Waals surface area contributed by atoms with Crippen molar-refractivity contribution in [1.29, 1.82) is 0 Å². The fraction of sp³-hybridized carbons (Fsp3) is 0.818. The van der Waals surface area contributed by atoms with Gasteiger partial charge < -0.3 is 9.64 Å². The molecule has 0 aromatic heterocycles. The molecule has 0 bridgehead atoms. The molecule has 1 aliphatic rings. The van der Waals surface area contributed by atoms with Gasteiger partial charge in [-0.2, -0.15) is 0 Å². The number of rotatable bonds is 5. The van der Waals surface area contributed by atoms with E-state index in [2.05, 4.69) is 6.92 Å². The summed E-state index contributed by atoms with van der Waals surface area (Å²) in [5, 5.41) is 0. The van der Waals surface area contributed by atoms with Gasteiger partial charge in [0.15, 0.2) is 0 Å². The predicted molar refractivity (Wildman–Crippen MR) is 56.3 cm³/mol. The second kappa shape index (κ2) is 5.73. The maximum atomic E-state index is 11.7. The van der Waals surface area contributed by atoms with Crippen molar-refractivity contribution < 1.29 is 14.3 Å². The number of nitrogens with zero attached hydrogens (tertiary/aromatic N) is 1. The number of unbranched alkanes of at least 4 members (excludes halogenated alkanes) is 1. The summed E-state index contributed by atoms with van der Waals surface area (Å²) in [5.41, 5.74) is 0. The molecule has 0 N–H and O–H groups in total. The number of amides is 1. The zero-order valence-electron chi connectivity index (χ0n) is 9.49. The molecule has 0 heterocycles. The lowest BCUT2D eigenvalue weighted by molar-refractivity contribution is -0.160. The van der Waals surface area contributed by atoms with Gasteiger partial charge in [-0.15, -0.1) is 0 Å². The first-order valence-corrected chi connectivity index (χ1v) is 5.68. The lowest BCUT2D eigenvalue weighted by Gasteiger charge is -2.20. The van der Waals surface area contributed by atoms with Gasteiger partial charge in [-0.05, 0) is 26.2 Å². The van der Waals surface area contributed by atoms with Crippen molar-refractivity contribution in [3.05, 3.63) is 0 Å². The number of carbonyl (C=O) groups is 2. The Kier molecular flexibility index (Phi) is 4.59. The molecule has 1 saturated carbocycles. The second-order valence-electron chi connectivity index (χ2n) is 3.80. The minimum Gasteiger partial charge on any atom is -0.459 e. The summed E-state index contributed by atoms with van der Waals surface area (Å²) >= 11 is 0. The molecule has 0 saturated heterocycles. The summed E-state index contributed by atoms with van der Waals surface area (Å²) in [4.78, 5) is 24.6. The van der Waals surface area contributed by atoms with Crippen LogP contribution in [0.15, 0.2) is 0 Å². The quantitative estimate of drug-likeness (QED) is 0.511. The molecule has 0 aromatic carbocycles. The molecule has 4 heteroatoms. The summed E-state index contributed by atoms with van der Waals surface area (Å²) in [6, 6.07) is 0.286. The highest BCUT2D eigenvalue weighted by molar-refractivity contribution is 6.32. The highest BCUT2D eigenvalue weighted by atomic mass is 16.5. The summed E-state index contributed by atoms with van der Waals surface area (Å²) < 4.78 is 4.71. The molecule has 0 aliphatic heterocycles. The largest absolute Gasteiger partial charge is 0.459 e.